The maximum absolute atomic E-state index is 12.5. The molecule has 0 saturated carbocycles. The summed E-state index contributed by atoms with van der Waals surface area (Å²) in [4.78, 5) is 25.0. The highest BCUT2D eigenvalue weighted by Crippen LogP contribution is 2.34. The average molecular weight is 316 g/mol. The van der Waals surface area contributed by atoms with Crippen LogP contribution in [0.25, 0.3) is 0 Å². The van der Waals surface area contributed by atoms with Crippen molar-refractivity contribution in [3.05, 3.63) is 0 Å². The zero-order valence-electron chi connectivity index (χ0n) is 14.3. The summed E-state index contributed by atoms with van der Waals surface area (Å²) in [5.41, 5.74) is -1.50. The van der Waals surface area contributed by atoms with Gasteiger partial charge in [0.2, 0.25) is 5.91 Å². The van der Waals surface area contributed by atoms with Gasteiger partial charge in [0.25, 0.3) is 0 Å². The summed E-state index contributed by atoms with van der Waals surface area (Å²) in [6, 6.07) is -0.360. The van der Waals surface area contributed by atoms with Crippen LogP contribution in [-0.2, 0) is 14.3 Å². The Bertz CT molecular complexity index is 417. The normalized spacial score (nSPS) is 24.2. The quantitative estimate of drug-likeness (QED) is 0.815. The van der Waals surface area contributed by atoms with Gasteiger partial charge < -0.3 is 19.9 Å². The molecule has 7 nitrogen and oxygen atoms in total. The number of ether oxygens (including phenoxy) is 2. The third-order valence-electron chi connectivity index (χ3n) is 3.36. The van der Waals surface area contributed by atoms with E-state index in [0.29, 0.717) is 13.0 Å². The van der Waals surface area contributed by atoms with Gasteiger partial charge in [0.05, 0.1) is 12.6 Å². The Morgan fingerprint density at radius 1 is 1.36 bits per heavy atom. The van der Waals surface area contributed by atoms with Gasteiger partial charge in [0.15, 0.2) is 0 Å². The molecule has 0 aromatic heterocycles. The van der Waals surface area contributed by atoms with E-state index in [2.05, 4.69) is 5.32 Å². The molecular weight excluding hydrogens is 288 g/mol. The lowest BCUT2D eigenvalue weighted by Crippen LogP contribution is -2.51. The van der Waals surface area contributed by atoms with Gasteiger partial charge in [-0.1, -0.05) is 0 Å². The van der Waals surface area contributed by atoms with Crippen LogP contribution in [0.3, 0.4) is 0 Å². The third kappa shape index (κ3) is 4.84. The maximum Gasteiger partial charge on any atom is 0.412 e. The highest BCUT2D eigenvalue weighted by molar-refractivity contribution is 5.72. The molecule has 1 rings (SSSR count). The molecule has 0 bridgehead atoms. The van der Waals surface area contributed by atoms with Crippen LogP contribution in [0.5, 0.6) is 0 Å². The van der Waals surface area contributed by atoms with Crippen molar-refractivity contribution in [1.82, 2.24) is 10.2 Å². The SMILES string of the molecule is CC(=O)NCCC1C(CO)OC(C)(C)N1C(=O)OC(C)(C)C. The van der Waals surface area contributed by atoms with Crippen LogP contribution in [-0.4, -0.2) is 58.6 Å². The monoisotopic (exact) mass is 316 g/mol. The van der Waals surface area contributed by atoms with Crippen molar-refractivity contribution in [1.29, 1.82) is 0 Å². The van der Waals surface area contributed by atoms with E-state index < -0.39 is 23.5 Å². The van der Waals surface area contributed by atoms with Crippen molar-refractivity contribution in [2.75, 3.05) is 13.2 Å². The van der Waals surface area contributed by atoms with Crippen molar-refractivity contribution in [3.8, 4) is 0 Å². The standard InChI is InChI=1S/C15H28N2O5/c1-10(19)16-8-7-11-12(9-18)21-15(5,6)17(11)13(20)22-14(2,3)4/h11-12,18H,7-9H2,1-6H3,(H,16,19). The summed E-state index contributed by atoms with van der Waals surface area (Å²) in [7, 11) is 0. The number of rotatable bonds is 4. The number of carbonyl (C=O) groups is 2. The lowest BCUT2D eigenvalue weighted by atomic mass is 10.1. The number of hydrogen-bond donors (Lipinski definition) is 2. The second-order valence-corrected chi connectivity index (χ2v) is 6.97. The van der Waals surface area contributed by atoms with Crippen molar-refractivity contribution < 1.29 is 24.2 Å². The highest BCUT2D eigenvalue weighted by Gasteiger charge is 2.50. The molecular formula is C15H28N2O5. The van der Waals surface area contributed by atoms with Gasteiger partial charge in [-0.25, -0.2) is 4.79 Å². The molecule has 0 aromatic rings. The molecule has 2 atom stereocenters. The van der Waals surface area contributed by atoms with E-state index in [1.807, 2.05) is 0 Å². The molecule has 7 heteroatoms. The van der Waals surface area contributed by atoms with Gasteiger partial charge in [-0.3, -0.25) is 9.69 Å². The molecule has 1 fully saturated rings. The molecule has 2 unspecified atom stereocenters. The minimum absolute atomic E-state index is 0.137. The molecule has 22 heavy (non-hydrogen) atoms. The van der Waals surface area contributed by atoms with Gasteiger partial charge in [0, 0.05) is 13.5 Å². The second-order valence-electron chi connectivity index (χ2n) is 6.97. The zero-order valence-corrected chi connectivity index (χ0v) is 14.3. The Labute approximate surface area is 131 Å². The van der Waals surface area contributed by atoms with E-state index in [4.69, 9.17) is 9.47 Å². The summed E-state index contributed by atoms with van der Waals surface area (Å²) in [6.45, 7) is 10.5. The summed E-state index contributed by atoms with van der Waals surface area (Å²) in [5.74, 6) is -0.137. The lowest BCUT2D eigenvalue weighted by molar-refractivity contribution is -0.119. The fraction of sp³-hybridized carbons (Fsp3) is 0.867. The van der Waals surface area contributed by atoms with Gasteiger partial charge in [-0.15, -0.1) is 0 Å². The third-order valence-corrected chi connectivity index (χ3v) is 3.36. The van der Waals surface area contributed by atoms with E-state index in [1.54, 1.807) is 34.6 Å². The van der Waals surface area contributed by atoms with Crippen molar-refractivity contribution in [2.45, 2.75) is 71.4 Å². The van der Waals surface area contributed by atoms with Gasteiger partial charge >= 0.3 is 6.09 Å². The van der Waals surface area contributed by atoms with Gasteiger partial charge in [-0.05, 0) is 41.0 Å². The Balaban J connectivity index is 2.90. The molecule has 0 aromatic carbocycles. The number of amides is 2. The van der Waals surface area contributed by atoms with Crippen LogP contribution in [0, 0.1) is 0 Å². The van der Waals surface area contributed by atoms with Crippen LogP contribution in [0.15, 0.2) is 0 Å². The molecule has 2 N–H and O–H groups in total. The lowest BCUT2D eigenvalue weighted by Gasteiger charge is -2.35. The van der Waals surface area contributed by atoms with E-state index in [1.165, 1.54) is 11.8 Å². The van der Waals surface area contributed by atoms with E-state index in [9.17, 15) is 14.7 Å². The van der Waals surface area contributed by atoms with Crippen molar-refractivity contribution in [2.24, 2.45) is 0 Å². The molecule has 128 valence electrons. The summed E-state index contributed by atoms with van der Waals surface area (Å²) < 4.78 is 11.2. The number of aliphatic hydroxyl groups is 1. The van der Waals surface area contributed by atoms with Gasteiger partial charge in [-0.2, -0.15) is 0 Å². The summed E-state index contributed by atoms with van der Waals surface area (Å²) >= 11 is 0. The second kappa shape index (κ2) is 6.83. The number of aliphatic hydroxyl groups excluding tert-OH is 1. The van der Waals surface area contributed by atoms with E-state index in [0.717, 1.165) is 0 Å². The van der Waals surface area contributed by atoms with Crippen molar-refractivity contribution in [3.63, 3.8) is 0 Å². The number of hydrogen-bond acceptors (Lipinski definition) is 5. The highest BCUT2D eigenvalue weighted by atomic mass is 16.6. The number of carbonyl (C=O) groups excluding carboxylic acids is 2. The van der Waals surface area contributed by atoms with E-state index in [-0.39, 0.29) is 18.6 Å². The molecule has 0 aliphatic carbocycles. The molecule has 0 spiro atoms. The Kier molecular flexibility index (Phi) is 5.81. The first kappa shape index (κ1) is 18.7. The average Bonchev–Trinajstić information content (AvgIpc) is 2.57. The number of nitrogens with zero attached hydrogens (tertiary/aromatic N) is 1. The van der Waals surface area contributed by atoms with Gasteiger partial charge in [0.1, 0.15) is 17.4 Å². The molecule has 2 amide bonds. The van der Waals surface area contributed by atoms with Crippen LogP contribution in [0.2, 0.25) is 0 Å². The summed E-state index contributed by atoms with van der Waals surface area (Å²) in [5, 5.41) is 12.2. The molecule has 0 radical (unpaired) electrons. The molecule has 1 aliphatic rings. The largest absolute Gasteiger partial charge is 0.444 e. The first-order valence-electron chi connectivity index (χ1n) is 7.53. The van der Waals surface area contributed by atoms with Crippen LogP contribution >= 0.6 is 0 Å². The summed E-state index contributed by atoms with van der Waals surface area (Å²) in [6.07, 6.45) is -0.509. The first-order chi connectivity index (χ1) is 9.98. The topological polar surface area (TPSA) is 88.1 Å². The number of nitrogens with one attached hydrogen (secondary N) is 1. The fourth-order valence-electron chi connectivity index (χ4n) is 2.61. The molecule has 1 heterocycles. The van der Waals surface area contributed by atoms with Crippen molar-refractivity contribution >= 4 is 12.0 Å². The van der Waals surface area contributed by atoms with Crippen LogP contribution in [0.1, 0.15) is 48.0 Å². The molecule has 1 aliphatic heterocycles. The predicted octanol–water partition coefficient (Wildman–Crippen LogP) is 1.25. The molecule has 1 saturated heterocycles. The van der Waals surface area contributed by atoms with Crippen LogP contribution < -0.4 is 5.32 Å². The van der Waals surface area contributed by atoms with Crippen LogP contribution in [0.4, 0.5) is 4.79 Å². The zero-order chi connectivity index (χ0) is 17.1. The Hall–Kier alpha value is -1.34. The van der Waals surface area contributed by atoms with E-state index >= 15 is 0 Å². The fourth-order valence-corrected chi connectivity index (χ4v) is 2.61. The Morgan fingerprint density at radius 3 is 2.41 bits per heavy atom. The Morgan fingerprint density at radius 2 is 1.95 bits per heavy atom. The first-order valence-corrected chi connectivity index (χ1v) is 7.53. The minimum atomic E-state index is -0.878. The smallest absolute Gasteiger partial charge is 0.412 e. The minimum Gasteiger partial charge on any atom is -0.444 e. The maximum atomic E-state index is 12.5. The predicted molar refractivity (Wildman–Crippen MR) is 81.2 cm³/mol.